The second kappa shape index (κ2) is 5.68. The molecule has 18 heavy (non-hydrogen) atoms. The zero-order chi connectivity index (χ0) is 13.1. The van der Waals surface area contributed by atoms with Crippen LogP contribution in [0.3, 0.4) is 0 Å². The number of carbonyl (C=O) groups is 1. The van der Waals surface area contributed by atoms with Gasteiger partial charge in [0.2, 0.25) is 0 Å². The van der Waals surface area contributed by atoms with Gasteiger partial charge in [-0.25, -0.2) is 0 Å². The predicted molar refractivity (Wildman–Crippen MR) is 78.4 cm³/mol. The molecular formula is C15H12BrClO. The standard InChI is InChI=1S/C15H12BrClO/c1-10-13(6-3-7-14(10)17)15(18)9-11-4-2-5-12(16)8-11/h2-8H,9H2,1H3. The van der Waals surface area contributed by atoms with Gasteiger partial charge in [-0.3, -0.25) is 4.79 Å². The van der Waals surface area contributed by atoms with Gasteiger partial charge >= 0.3 is 0 Å². The Morgan fingerprint density at radius 3 is 2.67 bits per heavy atom. The molecule has 2 aromatic rings. The molecule has 0 saturated carbocycles. The molecular weight excluding hydrogens is 312 g/mol. The van der Waals surface area contributed by atoms with Gasteiger partial charge in [0.15, 0.2) is 5.78 Å². The summed E-state index contributed by atoms with van der Waals surface area (Å²) in [6.07, 6.45) is 0.390. The van der Waals surface area contributed by atoms with Crippen LogP contribution < -0.4 is 0 Å². The van der Waals surface area contributed by atoms with Gasteiger partial charge in [-0.05, 0) is 36.2 Å². The number of benzene rings is 2. The van der Waals surface area contributed by atoms with Gasteiger partial charge in [0.05, 0.1) is 0 Å². The highest BCUT2D eigenvalue weighted by atomic mass is 79.9. The summed E-state index contributed by atoms with van der Waals surface area (Å²) in [6.45, 7) is 1.87. The number of halogens is 2. The summed E-state index contributed by atoms with van der Waals surface area (Å²) < 4.78 is 0.982. The van der Waals surface area contributed by atoms with Crippen molar-refractivity contribution in [1.82, 2.24) is 0 Å². The molecule has 0 fully saturated rings. The molecule has 0 spiro atoms. The maximum Gasteiger partial charge on any atom is 0.167 e. The fourth-order valence-electron chi connectivity index (χ4n) is 1.84. The Morgan fingerprint density at radius 1 is 1.22 bits per heavy atom. The fraction of sp³-hybridized carbons (Fsp3) is 0.133. The van der Waals surface area contributed by atoms with Gasteiger partial charge < -0.3 is 0 Å². The number of ketones is 1. The maximum absolute atomic E-state index is 12.2. The number of Topliss-reactive ketones (excluding diaryl/α,β-unsaturated/α-hetero) is 1. The monoisotopic (exact) mass is 322 g/mol. The van der Waals surface area contributed by atoms with E-state index in [0.29, 0.717) is 17.0 Å². The molecule has 0 N–H and O–H groups in total. The number of hydrogen-bond acceptors (Lipinski definition) is 1. The quantitative estimate of drug-likeness (QED) is 0.739. The summed E-state index contributed by atoms with van der Waals surface area (Å²) in [5.41, 5.74) is 2.54. The number of rotatable bonds is 3. The van der Waals surface area contributed by atoms with Gasteiger partial charge in [0, 0.05) is 21.5 Å². The third-order valence-electron chi connectivity index (χ3n) is 2.82. The lowest BCUT2D eigenvalue weighted by atomic mass is 9.99. The van der Waals surface area contributed by atoms with Crippen LogP contribution in [0.4, 0.5) is 0 Å². The first-order valence-electron chi connectivity index (χ1n) is 5.60. The van der Waals surface area contributed by atoms with Gasteiger partial charge in [-0.1, -0.05) is 51.8 Å². The first-order chi connectivity index (χ1) is 8.58. The summed E-state index contributed by atoms with van der Waals surface area (Å²) in [5, 5.41) is 0.634. The minimum absolute atomic E-state index is 0.0908. The Bertz CT molecular complexity index is 593. The van der Waals surface area contributed by atoms with E-state index in [4.69, 9.17) is 11.6 Å². The third kappa shape index (κ3) is 3.01. The van der Waals surface area contributed by atoms with Crippen molar-refractivity contribution >= 4 is 33.3 Å². The predicted octanol–water partition coefficient (Wildman–Crippen LogP) is 4.84. The van der Waals surface area contributed by atoms with E-state index in [1.807, 2.05) is 43.3 Å². The molecule has 0 bridgehead atoms. The van der Waals surface area contributed by atoms with Gasteiger partial charge in [-0.15, -0.1) is 0 Å². The van der Waals surface area contributed by atoms with Crippen LogP contribution in [0.15, 0.2) is 46.9 Å². The Kier molecular flexibility index (Phi) is 4.20. The summed E-state index contributed by atoms with van der Waals surface area (Å²) in [5.74, 6) is 0.0908. The lowest BCUT2D eigenvalue weighted by molar-refractivity contribution is 0.0992. The second-order valence-electron chi connectivity index (χ2n) is 4.14. The highest BCUT2D eigenvalue weighted by molar-refractivity contribution is 9.10. The molecule has 0 amide bonds. The Balaban J connectivity index is 2.25. The van der Waals surface area contributed by atoms with E-state index in [1.165, 1.54) is 0 Å². The molecule has 0 aliphatic carbocycles. The average Bonchev–Trinajstić information content (AvgIpc) is 2.32. The van der Waals surface area contributed by atoms with Crippen LogP contribution >= 0.6 is 27.5 Å². The number of hydrogen-bond donors (Lipinski definition) is 0. The van der Waals surface area contributed by atoms with E-state index in [2.05, 4.69) is 15.9 Å². The summed E-state index contributed by atoms with van der Waals surface area (Å²) >= 11 is 9.43. The normalized spacial score (nSPS) is 10.4. The highest BCUT2D eigenvalue weighted by Crippen LogP contribution is 2.21. The van der Waals surface area contributed by atoms with E-state index in [1.54, 1.807) is 6.07 Å². The summed E-state index contributed by atoms with van der Waals surface area (Å²) in [7, 11) is 0. The molecule has 92 valence electrons. The maximum atomic E-state index is 12.2. The van der Waals surface area contributed by atoms with Crippen LogP contribution in [-0.4, -0.2) is 5.78 Å². The lowest BCUT2D eigenvalue weighted by Crippen LogP contribution is -2.05. The molecule has 0 atom stereocenters. The zero-order valence-electron chi connectivity index (χ0n) is 9.91. The molecule has 1 nitrogen and oxygen atoms in total. The van der Waals surface area contributed by atoms with Crippen LogP contribution in [0.2, 0.25) is 5.02 Å². The fourth-order valence-corrected chi connectivity index (χ4v) is 2.46. The molecule has 2 aromatic carbocycles. The van der Waals surface area contributed by atoms with Crippen molar-refractivity contribution in [3.05, 3.63) is 68.7 Å². The van der Waals surface area contributed by atoms with Crippen molar-refractivity contribution in [2.45, 2.75) is 13.3 Å². The molecule has 3 heteroatoms. The molecule has 0 saturated heterocycles. The Labute approximate surface area is 120 Å². The van der Waals surface area contributed by atoms with Crippen molar-refractivity contribution in [1.29, 1.82) is 0 Å². The zero-order valence-corrected chi connectivity index (χ0v) is 12.3. The SMILES string of the molecule is Cc1c(Cl)cccc1C(=O)Cc1cccc(Br)c1. The van der Waals surface area contributed by atoms with Gasteiger partial charge in [0.1, 0.15) is 0 Å². The Hall–Kier alpha value is -1.12. The molecule has 0 heterocycles. The van der Waals surface area contributed by atoms with Gasteiger partial charge in [0.25, 0.3) is 0 Å². The van der Waals surface area contributed by atoms with E-state index < -0.39 is 0 Å². The first-order valence-corrected chi connectivity index (χ1v) is 6.78. The van der Waals surface area contributed by atoms with E-state index in [9.17, 15) is 4.79 Å². The van der Waals surface area contributed by atoms with Crippen LogP contribution in [-0.2, 0) is 6.42 Å². The molecule has 0 aliphatic rings. The molecule has 0 unspecified atom stereocenters. The van der Waals surface area contributed by atoms with E-state index >= 15 is 0 Å². The highest BCUT2D eigenvalue weighted by Gasteiger charge is 2.11. The lowest BCUT2D eigenvalue weighted by Gasteiger charge is -2.06. The minimum Gasteiger partial charge on any atom is -0.294 e. The average molecular weight is 324 g/mol. The van der Waals surface area contributed by atoms with Crippen LogP contribution in [0.5, 0.6) is 0 Å². The van der Waals surface area contributed by atoms with E-state index in [0.717, 1.165) is 15.6 Å². The van der Waals surface area contributed by atoms with Crippen molar-refractivity contribution in [2.24, 2.45) is 0 Å². The molecule has 0 aromatic heterocycles. The van der Waals surface area contributed by atoms with Crippen molar-refractivity contribution in [3.63, 3.8) is 0 Å². The molecule has 2 rings (SSSR count). The van der Waals surface area contributed by atoms with Crippen LogP contribution in [0, 0.1) is 6.92 Å². The van der Waals surface area contributed by atoms with E-state index in [-0.39, 0.29) is 5.78 Å². The largest absolute Gasteiger partial charge is 0.294 e. The molecule has 0 radical (unpaired) electrons. The summed E-state index contributed by atoms with van der Waals surface area (Å²) in [6, 6.07) is 13.2. The van der Waals surface area contributed by atoms with Crippen LogP contribution in [0.1, 0.15) is 21.5 Å². The van der Waals surface area contributed by atoms with Crippen LogP contribution in [0.25, 0.3) is 0 Å². The number of carbonyl (C=O) groups excluding carboxylic acids is 1. The summed E-state index contributed by atoms with van der Waals surface area (Å²) in [4.78, 5) is 12.2. The minimum atomic E-state index is 0.0908. The van der Waals surface area contributed by atoms with Gasteiger partial charge in [-0.2, -0.15) is 0 Å². The topological polar surface area (TPSA) is 17.1 Å². The van der Waals surface area contributed by atoms with Crippen molar-refractivity contribution in [3.8, 4) is 0 Å². The second-order valence-corrected chi connectivity index (χ2v) is 5.47. The van der Waals surface area contributed by atoms with Crippen molar-refractivity contribution in [2.75, 3.05) is 0 Å². The van der Waals surface area contributed by atoms with Crippen molar-refractivity contribution < 1.29 is 4.79 Å². The smallest absolute Gasteiger partial charge is 0.167 e. The third-order valence-corrected chi connectivity index (χ3v) is 3.72. The Morgan fingerprint density at radius 2 is 1.94 bits per heavy atom. The molecule has 0 aliphatic heterocycles. The first kappa shape index (κ1) is 13.3.